The van der Waals surface area contributed by atoms with Gasteiger partial charge in [-0.1, -0.05) is 31.2 Å². The highest BCUT2D eigenvalue weighted by molar-refractivity contribution is 5.82. The monoisotopic (exact) mass is 455 g/mol. The van der Waals surface area contributed by atoms with Crippen LogP contribution in [0.15, 0.2) is 60.0 Å². The van der Waals surface area contributed by atoms with E-state index in [9.17, 15) is 0 Å². The smallest absolute Gasteiger partial charge is 0.171 e. The molecule has 5 unspecified atom stereocenters. The fourth-order valence-electron chi connectivity index (χ4n) is 9.00. The summed E-state index contributed by atoms with van der Waals surface area (Å²) in [6.45, 7) is 3.98. The van der Waals surface area contributed by atoms with Crippen LogP contribution in [0.3, 0.4) is 0 Å². The first kappa shape index (κ1) is 20.2. The van der Waals surface area contributed by atoms with E-state index in [4.69, 9.17) is 14.2 Å². The zero-order chi connectivity index (χ0) is 22.6. The normalized spacial score (nSPS) is 41.7. The maximum atomic E-state index is 7.39. The van der Waals surface area contributed by atoms with E-state index in [-0.39, 0.29) is 16.6 Å². The molecule has 8 rings (SSSR count). The number of nitrogens with zero attached hydrogens (tertiary/aromatic N) is 1. The molecule has 4 heteroatoms. The minimum atomic E-state index is -0.417. The molecule has 0 radical (unpaired) electrons. The molecule has 176 valence electrons. The second kappa shape index (κ2) is 6.60. The lowest BCUT2D eigenvalue weighted by atomic mass is 9.58. The summed E-state index contributed by atoms with van der Waals surface area (Å²) in [7, 11) is 0. The average Bonchev–Trinajstić information content (AvgIpc) is 3.53. The van der Waals surface area contributed by atoms with Gasteiger partial charge in [-0.15, -0.1) is 0 Å². The summed E-state index contributed by atoms with van der Waals surface area (Å²) < 4.78 is 19.7. The molecule has 2 aromatic rings. The minimum Gasteiger partial charge on any atom is -0.359 e. The number of aromatic nitrogens is 1. The molecule has 1 aromatic carbocycles. The predicted octanol–water partition coefficient (Wildman–Crippen LogP) is 6.22. The number of allylic oxidation sites excluding steroid dienone is 1. The Bertz CT molecular complexity index is 1260. The fourth-order valence-corrected chi connectivity index (χ4v) is 9.00. The summed E-state index contributed by atoms with van der Waals surface area (Å²) in [6, 6.07) is 9.16. The topological polar surface area (TPSA) is 40.6 Å². The molecule has 1 aromatic heterocycles. The zero-order valence-corrected chi connectivity index (χ0v) is 20.0. The van der Waals surface area contributed by atoms with Gasteiger partial charge < -0.3 is 14.2 Å². The van der Waals surface area contributed by atoms with Crippen LogP contribution in [-0.2, 0) is 14.2 Å². The van der Waals surface area contributed by atoms with Crippen LogP contribution in [0, 0.1) is 11.3 Å². The van der Waals surface area contributed by atoms with Gasteiger partial charge in [0, 0.05) is 30.6 Å². The number of pyridine rings is 1. The third-order valence-corrected chi connectivity index (χ3v) is 10.6. The van der Waals surface area contributed by atoms with E-state index in [1.807, 2.05) is 12.4 Å². The quantitative estimate of drug-likeness (QED) is 0.512. The van der Waals surface area contributed by atoms with E-state index in [2.05, 4.69) is 48.3 Å². The van der Waals surface area contributed by atoms with Crippen LogP contribution in [0.25, 0.3) is 10.8 Å². The zero-order valence-electron chi connectivity index (χ0n) is 20.0. The summed E-state index contributed by atoms with van der Waals surface area (Å²) in [5.41, 5.74) is 4.33. The van der Waals surface area contributed by atoms with Crippen LogP contribution in [0.4, 0.5) is 0 Å². The molecular weight excluding hydrogens is 422 g/mol. The Morgan fingerprint density at radius 1 is 1.00 bits per heavy atom. The lowest BCUT2D eigenvalue weighted by molar-refractivity contribution is -0.226. The minimum absolute atomic E-state index is 0.138. The summed E-state index contributed by atoms with van der Waals surface area (Å²) in [6.07, 6.45) is 17.7. The van der Waals surface area contributed by atoms with Crippen molar-refractivity contribution in [2.24, 2.45) is 11.3 Å². The van der Waals surface area contributed by atoms with Crippen molar-refractivity contribution in [3.05, 3.63) is 65.5 Å². The van der Waals surface area contributed by atoms with Crippen molar-refractivity contribution < 1.29 is 14.2 Å². The molecular formula is C30H33NO3. The van der Waals surface area contributed by atoms with Crippen LogP contribution in [-0.4, -0.2) is 35.2 Å². The van der Waals surface area contributed by atoms with Gasteiger partial charge in [0.1, 0.15) is 0 Å². The predicted molar refractivity (Wildman–Crippen MR) is 130 cm³/mol. The lowest BCUT2D eigenvalue weighted by Crippen LogP contribution is -2.56. The van der Waals surface area contributed by atoms with Gasteiger partial charge in [0.05, 0.1) is 24.4 Å². The number of fused-ring (bicyclic) bond motifs is 2. The van der Waals surface area contributed by atoms with Crippen LogP contribution >= 0.6 is 0 Å². The molecule has 34 heavy (non-hydrogen) atoms. The fraction of sp³-hybridized carbons (Fsp3) is 0.567. The SMILES string of the molecule is CC12CC=C3C=C4CCC5(CC46CCC3(O6)C1CCC2c1ccc2ccncc2c1)OCCO5. The molecule has 2 saturated carbocycles. The number of hydrogen-bond donors (Lipinski definition) is 0. The number of hydrogen-bond acceptors (Lipinski definition) is 4. The first-order valence-corrected chi connectivity index (χ1v) is 13.3. The van der Waals surface area contributed by atoms with Gasteiger partial charge in [-0.3, -0.25) is 4.98 Å². The van der Waals surface area contributed by atoms with E-state index in [1.54, 1.807) is 0 Å². The average molecular weight is 456 g/mol. The summed E-state index contributed by atoms with van der Waals surface area (Å²) in [4.78, 5) is 4.37. The van der Waals surface area contributed by atoms with Gasteiger partial charge in [0.15, 0.2) is 5.79 Å². The Morgan fingerprint density at radius 2 is 1.91 bits per heavy atom. The van der Waals surface area contributed by atoms with E-state index >= 15 is 0 Å². The molecule has 0 N–H and O–H groups in total. The molecule has 4 fully saturated rings. The number of ether oxygens (including phenoxy) is 3. The molecule has 3 aliphatic heterocycles. The van der Waals surface area contributed by atoms with Crippen LogP contribution in [0.2, 0.25) is 0 Å². The van der Waals surface area contributed by atoms with Crippen molar-refractivity contribution in [3.63, 3.8) is 0 Å². The van der Waals surface area contributed by atoms with Gasteiger partial charge in [-0.2, -0.15) is 0 Å². The van der Waals surface area contributed by atoms with E-state index < -0.39 is 5.79 Å². The molecule has 2 saturated heterocycles. The molecule has 5 atom stereocenters. The van der Waals surface area contributed by atoms with Gasteiger partial charge in [-0.05, 0) is 90.0 Å². The third-order valence-electron chi connectivity index (χ3n) is 10.6. The van der Waals surface area contributed by atoms with Crippen molar-refractivity contribution in [3.8, 4) is 0 Å². The first-order valence-electron chi connectivity index (χ1n) is 13.3. The Balaban J connectivity index is 1.18. The van der Waals surface area contributed by atoms with Gasteiger partial charge in [-0.25, -0.2) is 0 Å². The second-order valence-corrected chi connectivity index (χ2v) is 12.0. The van der Waals surface area contributed by atoms with Crippen LogP contribution in [0.1, 0.15) is 69.8 Å². The lowest BCUT2D eigenvalue weighted by Gasteiger charge is -2.55. The Morgan fingerprint density at radius 3 is 2.82 bits per heavy atom. The van der Waals surface area contributed by atoms with Crippen molar-refractivity contribution >= 4 is 10.8 Å². The molecule has 4 heterocycles. The third kappa shape index (κ3) is 2.47. The first-order chi connectivity index (χ1) is 16.5. The second-order valence-electron chi connectivity index (χ2n) is 12.0. The molecule has 6 aliphatic rings. The van der Waals surface area contributed by atoms with Gasteiger partial charge in [0.2, 0.25) is 0 Å². The maximum Gasteiger partial charge on any atom is 0.171 e. The Hall–Kier alpha value is -2.01. The number of benzene rings is 1. The summed E-state index contributed by atoms with van der Waals surface area (Å²) in [5.74, 6) is 0.688. The highest BCUT2D eigenvalue weighted by Crippen LogP contribution is 2.69. The molecule has 0 amide bonds. The van der Waals surface area contributed by atoms with Crippen molar-refractivity contribution in [2.45, 2.75) is 81.2 Å². The highest BCUT2D eigenvalue weighted by atomic mass is 16.7. The highest BCUT2D eigenvalue weighted by Gasteiger charge is 2.68. The van der Waals surface area contributed by atoms with E-state index in [1.165, 1.54) is 40.3 Å². The largest absolute Gasteiger partial charge is 0.359 e. The maximum absolute atomic E-state index is 7.39. The molecule has 2 bridgehead atoms. The summed E-state index contributed by atoms with van der Waals surface area (Å²) in [5, 5.41) is 2.53. The Labute approximate surface area is 201 Å². The van der Waals surface area contributed by atoms with Crippen molar-refractivity contribution in [2.75, 3.05) is 13.2 Å². The van der Waals surface area contributed by atoms with Gasteiger partial charge >= 0.3 is 0 Å². The van der Waals surface area contributed by atoms with Crippen molar-refractivity contribution in [1.82, 2.24) is 4.98 Å². The van der Waals surface area contributed by atoms with Gasteiger partial charge in [0.25, 0.3) is 0 Å². The number of rotatable bonds is 1. The Kier molecular flexibility index (Phi) is 3.92. The van der Waals surface area contributed by atoms with E-state index in [0.717, 1.165) is 51.7 Å². The van der Waals surface area contributed by atoms with Crippen LogP contribution < -0.4 is 0 Å². The molecule has 3 spiro atoms. The summed E-state index contributed by atoms with van der Waals surface area (Å²) >= 11 is 0. The van der Waals surface area contributed by atoms with Crippen molar-refractivity contribution in [1.29, 1.82) is 0 Å². The van der Waals surface area contributed by atoms with E-state index in [0.29, 0.717) is 11.8 Å². The molecule has 4 nitrogen and oxygen atoms in total. The standard InChI is InChI=1S/C30H33NO3/c1-27-9-6-24-17-23-7-10-29(32-14-15-33-29)19-28(23)11-12-30(24,34-28)26(27)5-4-25(27)21-3-2-20-8-13-31-18-22(20)16-21/h2-3,6,8,13,16-18,25-26H,4-5,7,9-12,14-15,19H2,1H3. The molecule has 3 aliphatic carbocycles. The van der Waals surface area contributed by atoms with Crippen LogP contribution in [0.5, 0.6) is 0 Å².